The van der Waals surface area contributed by atoms with Crippen molar-refractivity contribution >= 4 is 11.0 Å². The molecule has 1 aromatic heterocycles. The first-order valence-corrected chi connectivity index (χ1v) is 9.18. The summed E-state index contributed by atoms with van der Waals surface area (Å²) in [7, 11) is 4.90. The van der Waals surface area contributed by atoms with E-state index in [4.69, 9.17) is 18.6 Å². The fourth-order valence-corrected chi connectivity index (χ4v) is 3.79. The molecule has 3 aromatic rings. The van der Waals surface area contributed by atoms with Gasteiger partial charge in [0.25, 0.3) is 0 Å². The normalized spacial score (nSPS) is 14.0. The Kier molecular flexibility index (Phi) is 4.96. The molecule has 1 aliphatic rings. The molecular formula is C22H23NO5. The molecule has 0 spiro atoms. The summed E-state index contributed by atoms with van der Waals surface area (Å²) in [5.74, 6) is 2.16. The van der Waals surface area contributed by atoms with Crippen LogP contribution in [-0.2, 0) is 19.5 Å². The number of methoxy groups -OCH3 is 3. The van der Waals surface area contributed by atoms with Crippen LogP contribution in [0.3, 0.4) is 0 Å². The molecule has 0 saturated heterocycles. The molecule has 0 radical (unpaired) electrons. The lowest BCUT2D eigenvalue weighted by Crippen LogP contribution is -2.30. The van der Waals surface area contributed by atoms with E-state index in [9.17, 15) is 4.79 Å². The molecule has 0 saturated carbocycles. The topological polar surface area (TPSA) is 61.1 Å². The van der Waals surface area contributed by atoms with Gasteiger partial charge in [0.05, 0.1) is 21.3 Å². The summed E-state index contributed by atoms with van der Waals surface area (Å²) in [6, 6.07) is 11.3. The van der Waals surface area contributed by atoms with E-state index in [0.717, 1.165) is 42.0 Å². The average molecular weight is 381 g/mol. The van der Waals surface area contributed by atoms with Gasteiger partial charge in [0.1, 0.15) is 11.3 Å². The maximum atomic E-state index is 12.0. The predicted molar refractivity (Wildman–Crippen MR) is 106 cm³/mol. The summed E-state index contributed by atoms with van der Waals surface area (Å²) in [5, 5.41) is 0.929. The maximum Gasteiger partial charge on any atom is 0.336 e. The van der Waals surface area contributed by atoms with Gasteiger partial charge in [0.15, 0.2) is 11.5 Å². The molecule has 146 valence electrons. The van der Waals surface area contributed by atoms with Crippen LogP contribution in [0.25, 0.3) is 11.0 Å². The Morgan fingerprint density at radius 3 is 2.43 bits per heavy atom. The van der Waals surface area contributed by atoms with Crippen molar-refractivity contribution in [1.29, 1.82) is 0 Å². The Bertz CT molecular complexity index is 1070. The number of hydrogen-bond donors (Lipinski definition) is 0. The predicted octanol–water partition coefficient (Wildman–Crippen LogP) is 3.38. The SMILES string of the molecule is COc1ccc2c(CN3CCc4cc(OC)c(OC)cc4C3)cc(=O)oc2c1. The van der Waals surface area contributed by atoms with Crippen molar-refractivity contribution < 1.29 is 18.6 Å². The van der Waals surface area contributed by atoms with E-state index < -0.39 is 0 Å². The quantitative estimate of drug-likeness (QED) is 0.632. The number of hydrogen-bond acceptors (Lipinski definition) is 6. The lowest BCUT2D eigenvalue weighted by Gasteiger charge is -2.29. The molecule has 4 rings (SSSR count). The molecule has 2 heterocycles. The highest BCUT2D eigenvalue weighted by atomic mass is 16.5. The van der Waals surface area contributed by atoms with Gasteiger partial charge in [-0.3, -0.25) is 4.90 Å². The fourth-order valence-electron chi connectivity index (χ4n) is 3.79. The van der Waals surface area contributed by atoms with Gasteiger partial charge < -0.3 is 18.6 Å². The fraction of sp³-hybridized carbons (Fsp3) is 0.318. The summed E-state index contributed by atoms with van der Waals surface area (Å²) in [6.07, 6.45) is 0.920. The Balaban J connectivity index is 1.63. The van der Waals surface area contributed by atoms with Crippen molar-refractivity contribution in [3.05, 3.63) is 63.5 Å². The molecule has 28 heavy (non-hydrogen) atoms. The second kappa shape index (κ2) is 7.56. The first-order chi connectivity index (χ1) is 13.6. The molecule has 0 aliphatic carbocycles. The minimum absolute atomic E-state index is 0.348. The van der Waals surface area contributed by atoms with Crippen molar-refractivity contribution in [3.63, 3.8) is 0 Å². The third-order valence-corrected chi connectivity index (χ3v) is 5.23. The van der Waals surface area contributed by atoms with E-state index in [0.29, 0.717) is 17.9 Å². The monoisotopic (exact) mass is 381 g/mol. The van der Waals surface area contributed by atoms with Crippen molar-refractivity contribution in [3.8, 4) is 17.2 Å². The second-order valence-corrected chi connectivity index (χ2v) is 6.89. The van der Waals surface area contributed by atoms with Gasteiger partial charge in [-0.05, 0) is 47.4 Å². The van der Waals surface area contributed by atoms with E-state index in [1.165, 1.54) is 11.1 Å². The van der Waals surface area contributed by atoms with Crippen LogP contribution < -0.4 is 19.8 Å². The summed E-state index contributed by atoms with van der Waals surface area (Å²) >= 11 is 0. The van der Waals surface area contributed by atoms with Gasteiger partial charge in [-0.2, -0.15) is 0 Å². The van der Waals surface area contributed by atoms with Crippen LogP contribution in [-0.4, -0.2) is 32.8 Å². The molecule has 0 unspecified atom stereocenters. The number of ether oxygens (including phenoxy) is 3. The molecule has 1 aliphatic heterocycles. The summed E-state index contributed by atoms with van der Waals surface area (Å²) in [5.41, 5.74) is 3.65. The molecule has 0 fully saturated rings. The molecular weight excluding hydrogens is 358 g/mol. The zero-order valence-corrected chi connectivity index (χ0v) is 16.3. The molecule has 0 bridgehead atoms. The van der Waals surface area contributed by atoms with Gasteiger partial charge in [-0.25, -0.2) is 4.79 Å². The third-order valence-electron chi connectivity index (χ3n) is 5.23. The standard InChI is InChI=1S/C22H23NO5/c1-25-17-4-5-18-16(10-22(24)28-19(18)11-17)13-23-7-6-14-8-20(26-2)21(27-3)9-15(14)12-23/h4-5,8-11H,6-7,12-13H2,1-3H3. The molecule has 0 amide bonds. The highest BCUT2D eigenvalue weighted by Crippen LogP contribution is 2.34. The molecule has 0 atom stereocenters. The smallest absolute Gasteiger partial charge is 0.336 e. The van der Waals surface area contributed by atoms with Gasteiger partial charge in [-0.15, -0.1) is 0 Å². The highest BCUT2D eigenvalue weighted by molar-refractivity contribution is 5.81. The van der Waals surface area contributed by atoms with Crippen LogP contribution >= 0.6 is 0 Å². The summed E-state index contributed by atoms with van der Waals surface area (Å²) < 4.78 is 21.5. The van der Waals surface area contributed by atoms with E-state index in [1.807, 2.05) is 18.2 Å². The second-order valence-electron chi connectivity index (χ2n) is 6.89. The molecule has 6 heteroatoms. The third kappa shape index (κ3) is 3.43. The van der Waals surface area contributed by atoms with Gasteiger partial charge in [-0.1, -0.05) is 0 Å². The molecule has 2 aromatic carbocycles. The molecule has 0 N–H and O–H groups in total. The number of nitrogens with zero attached hydrogens (tertiary/aromatic N) is 1. The lowest BCUT2D eigenvalue weighted by atomic mass is 9.98. The van der Waals surface area contributed by atoms with Crippen molar-refractivity contribution in [2.45, 2.75) is 19.5 Å². The minimum atomic E-state index is -0.348. The summed E-state index contributed by atoms with van der Waals surface area (Å²) in [6.45, 7) is 2.36. The van der Waals surface area contributed by atoms with Crippen molar-refractivity contribution in [2.75, 3.05) is 27.9 Å². The Labute approximate surface area is 163 Å². The first-order valence-electron chi connectivity index (χ1n) is 9.18. The Morgan fingerprint density at radius 2 is 1.71 bits per heavy atom. The van der Waals surface area contributed by atoms with Crippen LogP contribution in [0.4, 0.5) is 0 Å². The highest BCUT2D eigenvalue weighted by Gasteiger charge is 2.20. The van der Waals surface area contributed by atoms with Crippen LogP contribution in [0.5, 0.6) is 17.2 Å². The van der Waals surface area contributed by atoms with Gasteiger partial charge in [0, 0.05) is 37.2 Å². The number of rotatable bonds is 5. The van der Waals surface area contributed by atoms with Crippen LogP contribution in [0, 0.1) is 0 Å². The van der Waals surface area contributed by atoms with E-state index in [1.54, 1.807) is 33.5 Å². The van der Waals surface area contributed by atoms with E-state index in [-0.39, 0.29) is 5.63 Å². The van der Waals surface area contributed by atoms with Crippen LogP contribution in [0.15, 0.2) is 45.6 Å². The van der Waals surface area contributed by atoms with E-state index in [2.05, 4.69) is 11.0 Å². The lowest BCUT2D eigenvalue weighted by molar-refractivity contribution is 0.244. The van der Waals surface area contributed by atoms with Gasteiger partial charge in [0.2, 0.25) is 0 Å². The number of benzene rings is 2. The van der Waals surface area contributed by atoms with Crippen molar-refractivity contribution in [2.24, 2.45) is 0 Å². The maximum absolute atomic E-state index is 12.0. The van der Waals surface area contributed by atoms with Crippen LogP contribution in [0.1, 0.15) is 16.7 Å². The van der Waals surface area contributed by atoms with Crippen LogP contribution in [0.2, 0.25) is 0 Å². The Morgan fingerprint density at radius 1 is 0.964 bits per heavy atom. The zero-order chi connectivity index (χ0) is 19.7. The largest absolute Gasteiger partial charge is 0.497 e. The minimum Gasteiger partial charge on any atom is -0.497 e. The van der Waals surface area contributed by atoms with Gasteiger partial charge >= 0.3 is 5.63 Å². The average Bonchev–Trinajstić information content (AvgIpc) is 2.71. The van der Waals surface area contributed by atoms with E-state index >= 15 is 0 Å². The number of fused-ring (bicyclic) bond motifs is 2. The molecule has 6 nitrogen and oxygen atoms in total. The first kappa shape index (κ1) is 18.4. The summed E-state index contributed by atoms with van der Waals surface area (Å²) in [4.78, 5) is 14.4. The van der Waals surface area contributed by atoms with Crippen molar-refractivity contribution in [1.82, 2.24) is 4.90 Å². The zero-order valence-electron chi connectivity index (χ0n) is 16.3. The Hall–Kier alpha value is -2.99.